The van der Waals surface area contributed by atoms with Gasteiger partial charge in [-0.2, -0.15) is 0 Å². The first-order valence-corrected chi connectivity index (χ1v) is 8.93. The molecule has 0 saturated heterocycles. The normalized spacial score (nSPS) is 11.8. The standard InChI is InChI=1S/C21H25NO2S/c1-15(2)13-18(22-21(25)17-7-5-4-6-8-17)14-20(23)16-9-11-19(24-3)12-10-16/h4-12,15,18H,13-14H2,1-3H3,(H,22,25). The van der Waals surface area contributed by atoms with E-state index in [1.165, 1.54) is 0 Å². The monoisotopic (exact) mass is 355 g/mol. The topological polar surface area (TPSA) is 38.3 Å². The molecular weight excluding hydrogens is 330 g/mol. The van der Waals surface area contributed by atoms with Gasteiger partial charge in [0.15, 0.2) is 5.78 Å². The molecule has 0 heterocycles. The van der Waals surface area contributed by atoms with Crippen LogP contribution in [0.4, 0.5) is 0 Å². The molecule has 0 radical (unpaired) electrons. The number of ether oxygens (including phenoxy) is 1. The zero-order valence-electron chi connectivity index (χ0n) is 15.0. The zero-order chi connectivity index (χ0) is 18.2. The SMILES string of the molecule is COc1ccc(C(=O)CC(CC(C)C)NC(=S)c2ccccc2)cc1. The van der Waals surface area contributed by atoms with E-state index in [0.717, 1.165) is 17.7 Å². The number of carbonyl (C=O) groups is 1. The molecule has 2 aromatic carbocycles. The number of rotatable bonds is 8. The highest BCUT2D eigenvalue weighted by molar-refractivity contribution is 7.80. The number of hydrogen-bond donors (Lipinski definition) is 1. The summed E-state index contributed by atoms with van der Waals surface area (Å²) in [5.74, 6) is 1.33. The molecule has 0 aliphatic rings. The van der Waals surface area contributed by atoms with Crippen LogP contribution in [0.15, 0.2) is 54.6 Å². The van der Waals surface area contributed by atoms with Crippen molar-refractivity contribution >= 4 is 23.0 Å². The van der Waals surface area contributed by atoms with Crippen molar-refractivity contribution in [2.45, 2.75) is 32.7 Å². The van der Waals surface area contributed by atoms with Crippen molar-refractivity contribution in [3.05, 3.63) is 65.7 Å². The smallest absolute Gasteiger partial charge is 0.164 e. The fourth-order valence-corrected chi connectivity index (χ4v) is 3.04. The molecular formula is C21H25NO2S. The lowest BCUT2D eigenvalue weighted by Gasteiger charge is -2.22. The molecule has 2 aromatic rings. The van der Waals surface area contributed by atoms with Gasteiger partial charge in [-0.15, -0.1) is 0 Å². The van der Waals surface area contributed by atoms with Gasteiger partial charge < -0.3 is 10.1 Å². The molecule has 0 fully saturated rings. The molecule has 132 valence electrons. The predicted molar refractivity (Wildman–Crippen MR) is 106 cm³/mol. The Balaban J connectivity index is 2.05. The van der Waals surface area contributed by atoms with E-state index in [4.69, 9.17) is 17.0 Å². The van der Waals surface area contributed by atoms with Gasteiger partial charge in [0.05, 0.1) is 7.11 Å². The number of thiocarbonyl (C=S) groups is 1. The van der Waals surface area contributed by atoms with Crippen LogP contribution in [0.1, 0.15) is 42.6 Å². The number of Topliss-reactive ketones (excluding diaryl/α,β-unsaturated/α-hetero) is 1. The third-order valence-electron chi connectivity index (χ3n) is 3.97. The van der Waals surface area contributed by atoms with Crippen LogP contribution in [0.5, 0.6) is 5.75 Å². The Morgan fingerprint density at radius 1 is 1.04 bits per heavy atom. The summed E-state index contributed by atoms with van der Waals surface area (Å²) in [6.07, 6.45) is 1.30. The van der Waals surface area contributed by atoms with Gasteiger partial charge in [-0.25, -0.2) is 0 Å². The number of carbonyl (C=O) groups excluding carboxylic acids is 1. The van der Waals surface area contributed by atoms with Crippen LogP contribution in [0, 0.1) is 5.92 Å². The number of ketones is 1. The summed E-state index contributed by atoms with van der Waals surface area (Å²) in [5, 5.41) is 3.37. The van der Waals surface area contributed by atoms with Gasteiger partial charge in [0.25, 0.3) is 0 Å². The average Bonchev–Trinajstić information content (AvgIpc) is 2.61. The lowest BCUT2D eigenvalue weighted by Crippen LogP contribution is -2.37. The second-order valence-corrected chi connectivity index (χ2v) is 6.93. The van der Waals surface area contributed by atoms with Gasteiger partial charge in [-0.3, -0.25) is 4.79 Å². The third-order valence-corrected chi connectivity index (χ3v) is 4.32. The van der Waals surface area contributed by atoms with Gasteiger partial charge in [0.1, 0.15) is 10.7 Å². The first kappa shape index (κ1) is 19.1. The quantitative estimate of drug-likeness (QED) is 0.553. The number of benzene rings is 2. The summed E-state index contributed by atoms with van der Waals surface area (Å²) in [5.41, 5.74) is 1.67. The van der Waals surface area contributed by atoms with Crippen LogP contribution in [0.2, 0.25) is 0 Å². The summed E-state index contributed by atoms with van der Waals surface area (Å²) in [7, 11) is 1.62. The van der Waals surface area contributed by atoms with Crippen molar-refractivity contribution < 1.29 is 9.53 Å². The minimum atomic E-state index is 0.0160. The first-order chi connectivity index (χ1) is 12.0. The van der Waals surface area contributed by atoms with Crippen LogP contribution >= 0.6 is 12.2 Å². The highest BCUT2D eigenvalue weighted by Gasteiger charge is 2.18. The third kappa shape index (κ3) is 5.98. The van der Waals surface area contributed by atoms with E-state index in [0.29, 0.717) is 22.9 Å². The molecule has 3 nitrogen and oxygen atoms in total. The van der Waals surface area contributed by atoms with E-state index in [9.17, 15) is 4.79 Å². The van der Waals surface area contributed by atoms with E-state index in [-0.39, 0.29) is 11.8 Å². The first-order valence-electron chi connectivity index (χ1n) is 8.52. The minimum absolute atomic E-state index is 0.0160. The van der Waals surface area contributed by atoms with Gasteiger partial charge in [-0.1, -0.05) is 56.4 Å². The molecule has 0 aromatic heterocycles. The molecule has 1 unspecified atom stereocenters. The molecule has 1 atom stereocenters. The number of hydrogen-bond acceptors (Lipinski definition) is 3. The Morgan fingerprint density at radius 3 is 2.24 bits per heavy atom. The molecule has 0 spiro atoms. The summed E-state index contributed by atoms with van der Waals surface area (Å²) < 4.78 is 5.14. The largest absolute Gasteiger partial charge is 0.497 e. The lowest BCUT2D eigenvalue weighted by molar-refractivity contribution is 0.0968. The zero-order valence-corrected chi connectivity index (χ0v) is 15.8. The van der Waals surface area contributed by atoms with Crippen molar-refractivity contribution in [2.75, 3.05) is 7.11 Å². The van der Waals surface area contributed by atoms with E-state index >= 15 is 0 Å². The van der Waals surface area contributed by atoms with Crippen LogP contribution in [0.3, 0.4) is 0 Å². The molecule has 0 bridgehead atoms. The fraction of sp³-hybridized carbons (Fsp3) is 0.333. The maximum atomic E-state index is 12.6. The molecule has 0 aliphatic heterocycles. The van der Waals surface area contributed by atoms with E-state index in [1.54, 1.807) is 7.11 Å². The number of nitrogens with one attached hydrogen (secondary N) is 1. The molecule has 25 heavy (non-hydrogen) atoms. The van der Waals surface area contributed by atoms with E-state index < -0.39 is 0 Å². The number of methoxy groups -OCH3 is 1. The van der Waals surface area contributed by atoms with Crippen molar-refractivity contribution in [3.8, 4) is 5.75 Å². The van der Waals surface area contributed by atoms with Gasteiger partial charge in [-0.05, 0) is 36.6 Å². The Morgan fingerprint density at radius 2 is 1.68 bits per heavy atom. The average molecular weight is 356 g/mol. The van der Waals surface area contributed by atoms with E-state index in [1.807, 2.05) is 54.6 Å². The van der Waals surface area contributed by atoms with Crippen molar-refractivity contribution in [3.63, 3.8) is 0 Å². The van der Waals surface area contributed by atoms with Gasteiger partial charge >= 0.3 is 0 Å². The molecule has 0 amide bonds. The summed E-state index contributed by atoms with van der Waals surface area (Å²) in [4.78, 5) is 13.3. The lowest BCUT2D eigenvalue weighted by atomic mass is 9.96. The predicted octanol–water partition coefficient (Wildman–Crippen LogP) is 4.65. The van der Waals surface area contributed by atoms with Crippen LogP contribution in [0.25, 0.3) is 0 Å². The highest BCUT2D eigenvalue weighted by Crippen LogP contribution is 2.16. The minimum Gasteiger partial charge on any atom is -0.497 e. The Kier molecular flexibility index (Phi) is 7.14. The molecule has 4 heteroatoms. The summed E-state index contributed by atoms with van der Waals surface area (Å²) >= 11 is 5.51. The Labute approximate surface area is 155 Å². The fourth-order valence-electron chi connectivity index (χ4n) is 2.74. The molecule has 2 rings (SSSR count). The Hall–Kier alpha value is -2.20. The maximum absolute atomic E-state index is 12.6. The maximum Gasteiger partial charge on any atom is 0.164 e. The van der Waals surface area contributed by atoms with Crippen molar-refractivity contribution in [1.82, 2.24) is 5.32 Å². The van der Waals surface area contributed by atoms with E-state index in [2.05, 4.69) is 19.2 Å². The van der Waals surface area contributed by atoms with Crippen LogP contribution < -0.4 is 10.1 Å². The summed E-state index contributed by atoms with van der Waals surface area (Å²) in [6.45, 7) is 4.30. The highest BCUT2D eigenvalue weighted by atomic mass is 32.1. The van der Waals surface area contributed by atoms with Gasteiger partial charge in [0, 0.05) is 23.6 Å². The Bertz CT molecular complexity index is 696. The van der Waals surface area contributed by atoms with Crippen LogP contribution in [-0.2, 0) is 0 Å². The van der Waals surface area contributed by atoms with Crippen molar-refractivity contribution in [2.24, 2.45) is 5.92 Å². The molecule has 0 aliphatic carbocycles. The summed E-state index contributed by atoms with van der Waals surface area (Å²) in [6, 6.07) is 17.1. The second kappa shape index (κ2) is 9.33. The molecule has 0 saturated carbocycles. The van der Waals surface area contributed by atoms with Crippen LogP contribution in [-0.4, -0.2) is 23.9 Å². The molecule has 1 N–H and O–H groups in total. The van der Waals surface area contributed by atoms with Gasteiger partial charge in [0.2, 0.25) is 0 Å². The van der Waals surface area contributed by atoms with Crippen molar-refractivity contribution in [1.29, 1.82) is 0 Å². The second-order valence-electron chi connectivity index (χ2n) is 6.52.